The summed E-state index contributed by atoms with van der Waals surface area (Å²) < 4.78 is 0. The first-order valence-electron chi connectivity index (χ1n) is 5.03. The van der Waals surface area contributed by atoms with Gasteiger partial charge in [-0.2, -0.15) is 0 Å². The molecule has 2 saturated heterocycles. The highest BCUT2D eigenvalue weighted by atomic mass is 32.1. The normalized spacial score (nSPS) is 27.8. The van der Waals surface area contributed by atoms with E-state index in [1.165, 1.54) is 0 Å². The molecule has 0 aliphatic carbocycles. The average Bonchev–Trinajstić information content (AvgIpc) is 2.37. The van der Waals surface area contributed by atoms with Crippen LogP contribution in [-0.2, 0) is 0 Å². The molecule has 0 amide bonds. The number of hydrazine groups is 1. The van der Waals surface area contributed by atoms with Crippen LogP contribution >= 0.6 is 12.2 Å². The second-order valence-corrected chi connectivity index (χ2v) is 4.71. The summed E-state index contributed by atoms with van der Waals surface area (Å²) in [6.45, 7) is 2.27. The molecule has 0 aromatic heterocycles. The summed E-state index contributed by atoms with van der Waals surface area (Å²) in [6.07, 6.45) is 2.26. The average molecular weight is 214 g/mol. The van der Waals surface area contributed by atoms with Gasteiger partial charge in [0.15, 0.2) is 5.11 Å². The largest absolute Gasteiger partial charge is 0.331 e. The minimum absolute atomic E-state index is 0.0817. The summed E-state index contributed by atoms with van der Waals surface area (Å²) in [5.41, 5.74) is 3.56. The highest BCUT2D eigenvalue weighted by Gasteiger charge is 2.45. The lowest BCUT2D eigenvalue weighted by molar-refractivity contribution is 0.0680. The first kappa shape index (κ1) is 10.1. The molecule has 5 heteroatoms. The Hall–Kier alpha value is -0.390. The molecule has 1 spiro atoms. The van der Waals surface area contributed by atoms with Gasteiger partial charge in [-0.3, -0.25) is 5.01 Å². The second kappa shape index (κ2) is 3.32. The van der Waals surface area contributed by atoms with E-state index in [1.54, 1.807) is 0 Å². The summed E-state index contributed by atoms with van der Waals surface area (Å²) in [5, 5.41) is 2.86. The van der Waals surface area contributed by atoms with Gasteiger partial charge in [0.25, 0.3) is 0 Å². The first-order valence-corrected chi connectivity index (χ1v) is 5.44. The summed E-state index contributed by atoms with van der Waals surface area (Å²) in [7, 11) is 6.25. The van der Waals surface area contributed by atoms with Crippen LogP contribution in [0.3, 0.4) is 0 Å². The third-order valence-electron chi connectivity index (χ3n) is 3.41. The first-order chi connectivity index (χ1) is 6.55. The Balaban J connectivity index is 2.14. The van der Waals surface area contributed by atoms with Gasteiger partial charge in [-0.25, -0.2) is 5.43 Å². The molecule has 0 aromatic carbocycles. The molecule has 4 nitrogen and oxygen atoms in total. The number of hydrogen-bond donors (Lipinski definition) is 1. The van der Waals surface area contributed by atoms with Crippen LogP contribution in [0.4, 0.5) is 0 Å². The second-order valence-electron chi connectivity index (χ2n) is 4.35. The Morgan fingerprint density at radius 3 is 2.21 bits per heavy atom. The van der Waals surface area contributed by atoms with E-state index in [1.807, 2.05) is 12.1 Å². The highest BCUT2D eigenvalue weighted by molar-refractivity contribution is 7.80. The fourth-order valence-corrected chi connectivity index (χ4v) is 2.50. The Kier molecular flexibility index (Phi) is 2.41. The van der Waals surface area contributed by atoms with Gasteiger partial charge in [0.05, 0.1) is 0 Å². The van der Waals surface area contributed by atoms with E-state index < -0.39 is 0 Å². The van der Waals surface area contributed by atoms with Crippen molar-refractivity contribution in [2.24, 2.45) is 0 Å². The van der Waals surface area contributed by atoms with Gasteiger partial charge in [-0.1, -0.05) is 0 Å². The van der Waals surface area contributed by atoms with Crippen molar-refractivity contribution in [3.63, 3.8) is 0 Å². The molecule has 1 N–H and O–H groups in total. The highest BCUT2D eigenvalue weighted by Crippen LogP contribution is 2.29. The van der Waals surface area contributed by atoms with Crippen LogP contribution in [0.5, 0.6) is 0 Å². The van der Waals surface area contributed by atoms with Crippen molar-refractivity contribution >= 4 is 17.3 Å². The van der Waals surface area contributed by atoms with Crippen molar-refractivity contribution in [3.8, 4) is 0 Å². The molecular weight excluding hydrogens is 196 g/mol. The zero-order valence-corrected chi connectivity index (χ0v) is 9.89. The maximum Gasteiger partial charge on any atom is 0.187 e. The number of likely N-dealkylation sites (tertiary alicyclic amines) is 1. The smallest absolute Gasteiger partial charge is 0.187 e. The van der Waals surface area contributed by atoms with Gasteiger partial charge in [0, 0.05) is 27.2 Å². The van der Waals surface area contributed by atoms with Gasteiger partial charge in [0.2, 0.25) is 0 Å². The zero-order valence-electron chi connectivity index (χ0n) is 9.08. The summed E-state index contributed by atoms with van der Waals surface area (Å²) in [6, 6.07) is 0. The number of nitrogens with one attached hydrogen (secondary N) is 1. The lowest BCUT2D eigenvalue weighted by Crippen LogP contribution is -2.57. The Morgan fingerprint density at radius 1 is 1.21 bits per heavy atom. The molecule has 2 rings (SSSR count). The molecule has 0 saturated carbocycles. The molecule has 2 heterocycles. The maximum absolute atomic E-state index is 5.32. The molecule has 0 atom stereocenters. The van der Waals surface area contributed by atoms with Gasteiger partial charge in [-0.15, -0.1) is 0 Å². The molecular formula is C9H18N4S. The van der Waals surface area contributed by atoms with E-state index in [0.717, 1.165) is 31.0 Å². The SMILES string of the molecule is CN1CCC2(CC1)NN(C)C(=S)N2C. The van der Waals surface area contributed by atoms with E-state index in [9.17, 15) is 0 Å². The Morgan fingerprint density at radius 2 is 1.79 bits per heavy atom. The van der Waals surface area contributed by atoms with Crippen molar-refractivity contribution in [2.75, 3.05) is 34.2 Å². The van der Waals surface area contributed by atoms with E-state index in [2.05, 4.69) is 29.3 Å². The van der Waals surface area contributed by atoms with Crippen LogP contribution < -0.4 is 5.43 Å². The molecule has 80 valence electrons. The molecule has 0 unspecified atom stereocenters. The molecule has 0 bridgehead atoms. The topological polar surface area (TPSA) is 21.8 Å². The predicted molar refractivity (Wildman–Crippen MR) is 60.7 cm³/mol. The van der Waals surface area contributed by atoms with Crippen molar-refractivity contribution < 1.29 is 0 Å². The predicted octanol–water partition coefficient (Wildman–Crippen LogP) is 0.0750. The van der Waals surface area contributed by atoms with Crippen molar-refractivity contribution in [2.45, 2.75) is 18.5 Å². The minimum Gasteiger partial charge on any atom is -0.331 e. The number of thiocarbonyl (C=S) groups is 1. The van der Waals surface area contributed by atoms with Gasteiger partial charge >= 0.3 is 0 Å². The van der Waals surface area contributed by atoms with Crippen LogP contribution in [0.1, 0.15) is 12.8 Å². The van der Waals surface area contributed by atoms with Crippen LogP contribution in [0, 0.1) is 0 Å². The quantitative estimate of drug-likeness (QED) is 0.575. The summed E-state index contributed by atoms with van der Waals surface area (Å²) in [5.74, 6) is 0. The van der Waals surface area contributed by atoms with E-state index in [0.29, 0.717) is 0 Å². The van der Waals surface area contributed by atoms with Gasteiger partial charge in [-0.05, 0) is 32.1 Å². The van der Waals surface area contributed by atoms with E-state index in [-0.39, 0.29) is 5.66 Å². The third kappa shape index (κ3) is 1.39. The number of piperidine rings is 1. The minimum atomic E-state index is 0.0817. The fraction of sp³-hybridized carbons (Fsp3) is 0.889. The molecule has 2 aliphatic rings. The maximum atomic E-state index is 5.32. The van der Waals surface area contributed by atoms with Crippen LogP contribution in [0.2, 0.25) is 0 Å². The Labute approximate surface area is 90.8 Å². The van der Waals surface area contributed by atoms with Crippen molar-refractivity contribution in [3.05, 3.63) is 0 Å². The fourth-order valence-electron chi connectivity index (χ4n) is 2.28. The third-order valence-corrected chi connectivity index (χ3v) is 3.95. The monoisotopic (exact) mass is 214 g/mol. The lowest BCUT2D eigenvalue weighted by Gasteiger charge is -2.41. The lowest BCUT2D eigenvalue weighted by atomic mass is 9.97. The molecule has 14 heavy (non-hydrogen) atoms. The standard InChI is InChI=1S/C9H18N4S/c1-11-6-4-9(5-7-11)10-13(3)8(14)12(9)2/h10H,4-7H2,1-3H3. The number of nitrogens with zero attached hydrogens (tertiary/aromatic N) is 3. The molecule has 0 aromatic rings. The van der Waals surface area contributed by atoms with Crippen molar-refractivity contribution in [1.82, 2.24) is 20.2 Å². The molecule has 2 aliphatic heterocycles. The summed E-state index contributed by atoms with van der Waals surface area (Å²) >= 11 is 5.32. The summed E-state index contributed by atoms with van der Waals surface area (Å²) in [4.78, 5) is 4.57. The van der Waals surface area contributed by atoms with Gasteiger partial charge in [0.1, 0.15) is 5.66 Å². The molecule has 2 fully saturated rings. The van der Waals surface area contributed by atoms with Gasteiger partial charge < -0.3 is 9.80 Å². The number of hydrogen-bond acceptors (Lipinski definition) is 3. The zero-order chi connectivity index (χ0) is 10.3. The van der Waals surface area contributed by atoms with Crippen LogP contribution in [0.15, 0.2) is 0 Å². The van der Waals surface area contributed by atoms with E-state index >= 15 is 0 Å². The van der Waals surface area contributed by atoms with Crippen molar-refractivity contribution in [1.29, 1.82) is 0 Å². The van der Waals surface area contributed by atoms with E-state index in [4.69, 9.17) is 12.2 Å². The van der Waals surface area contributed by atoms with Crippen LogP contribution in [-0.4, -0.2) is 59.8 Å². The van der Waals surface area contributed by atoms with Crippen LogP contribution in [0.25, 0.3) is 0 Å². The molecule has 0 radical (unpaired) electrons. The Bertz CT molecular complexity index is 247. The number of rotatable bonds is 0.